The number of halogens is 3. The summed E-state index contributed by atoms with van der Waals surface area (Å²) in [6.45, 7) is 5.00. The number of methoxy groups -OCH3 is 1. The number of anilines is 1. The molecule has 1 aromatic carbocycles. The third-order valence-electron chi connectivity index (χ3n) is 4.17. The number of aryl methyl sites for hydroxylation is 3. The maximum atomic E-state index is 12.9. The standard InChI is InChI=1S/C16H21F3N2O2/c1-10-5-11(2)14(12(3)6-10)20-13(22)7-21-8-15(9-21,23-4)16(17,18)19/h5-6H,7-9H2,1-4H3,(H,20,22). The summed E-state index contributed by atoms with van der Waals surface area (Å²) in [6, 6.07) is 3.90. The van der Waals surface area contributed by atoms with E-state index in [9.17, 15) is 18.0 Å². The van der Waals surface area contributed by atoms with Gasteiger partial charge in [-0.3, -0.25) is 9.69 Å². The van der Waals surface area contributed by atoms with Crippen LogP contribution in [0.1, 0.15) is 16.7 Å². The first kappa shape index (κ1) is 17.7. The molecule has 1 saturated heterocycles. The fourth-order valence-corrected chi connectivity index (χ4v) is 2.97. The number of likely N-dealkylation sites (tertiary alicyclic amines) is 1. The maximum Gasteiger partial charge on any atom is 0.419 e. The average molecular weight is 330 g/mol. The fourth-order valence-electron chi connectivity index (χ4n) is 2.97. The van der Waals surface area contributed by atoms with Crippen molar-refractivity contribution in [1.29, 1.82) is 0 Å². The van der Waals surface area contributed by atoms with Gasteiger partial charge in [-0.1, -0.05) is 17.7 Å². The summed E-state index contributed by atoms with van der Waals surface area (Å²) < 4.78 is 43.3. The maximum absolute atomic E-state index is 12.9. The Balaban J connectivity index is 1.96. The number of hydrogen-bond acceptors (Lipinski definition) is 3. The number of amides is 1. The molecule has 0 bridgehead atoms. The number of carbonyl (C=O) groups excluding carboxylic acids is 1. The van der Waals surface area contributed by atoms with Crippen LogP contribution < -0.4 is 5.32 Å². The number of nitrogens with zero attached hydrogens (tertiary/aromatic N) is 1. The van der Waals surface area contributed by atoms with E-state index in [-0.39, 0.29) is 25.5 Å². The first-order chi connectivity index (χ1) is 10.6. The lowest BCUT2D eigenvalue weighted by molar-refractivity contribution is -0.309. The smallest absolute Gasteiger partial charge is 0.366 e. The quantitative estimate of drug-likeness (QED) is 0.923. The zero-order chi connectivity index (χ0) is 17.4. The fraction of sp³-hybridized carbons (Fsp3) is 0.562. The summed E-state index contributed by atoms with van der Waals surface area (Å²) in [7, 11) is 1.05. The van der Waals surface area contributed by atoms with Gasteiger partial charge < -0.3 is 10.1 Å². The van der Waals surface area contributed by atoms with E-state index >= 15 is 0 Å². The zero-order valence-electron chi connectivity index (χ0n) is 13.7. The molecule has 1 heterocycles. The first-order valence-corrected chi connectivity index (χ1v) is 7.30. The lowest BCUT2D eigenvalue weighted by Gasteiger charge is -2.49. The lowest BCUT2D eigenvalue weighted by Crippen LogP contribution is -2.70. The molecular weight excluding hydrogens is 309 g/mol. The van der Waals surface area contributed by atoms with E-state index in [4.69, 9.17) is 0 Å². The van der Waals surface area contributed by atoms with Gasteiger partial charge >= 0.3 is 6.18 Å². The molecule has 2 rings (SSSR count). The van der Waals surface area contributed by atoms with Crippen molar-refractivity contribution >= 4 is 11.6 Å². The van der Waals surface area contributed by atoms with Crippen LogP contribution in [0.2, 0.25) is 0 Å². The second-order valence-electron chi connectivity index (χ2n) is 6.16. The summed E-state index contributed by atoms with van der Waals surface area (Å²) in [6.07, 6.45) is -4.43. The van der Waals surface area contributed by atoms with E-state index in [1.54, 1.807) is 0 Å². The second-order valence-corrected chi connectivity index (χ2v) is 6.16. The second kappa shape index (κ2) is 6.13. The molecule has 1 N–H and O–H groups in total. The van der Waals surface area contributed by atoms with Crippen LogP contribution in [0, 0.1) is 20.8 Å². The molecule has 0 aromatic heterocycles. The molecular formula is C16H21F3N2O2. The van der Waals surface area contributed by atoms with Gasteiger partial charge in [0, 0.05) is 25.9 Å². The van der Waals surface area contributed by atoms with Gasteiger partial charge in [0.25, 0.3) is 0 Å². The number of alkyl halides is 3. The molecule has 7 heteroatoms. The van der Waals surface area contributed by atoms with Gasteiger partial charge in [-0.25, -0.2) is 0 Å². The van der Waals surface area contributed by atoms with E-state index in [0.29, 0.717) is 0 Å². The lowest BCUT2D eigenvalue weighted by atomic mass is 9.93. The normalized spacial score (nSPS) is 17.7. The van der Waals surface area contributed by atoms with E-state index in [1.807, 2.05) is 32.9 Å². The predicted molar refractivity (Wildman–Crippen MR) is 81.5 cm³/mol. The Morgan fingerprint density at radius 1 is 1.26 bits per heavy atom. The van der Waals surface area contributed by atoms with Crippen molar-refractivity contribution in [3.63, 3.8) is 0 Å². The minimum absolute atomic E-state index is 0.0893. The highest BCUT2D eigenvalue weighted by atomic mass is 19.4. The van der Waals surface area contributed by atoms with Crippen LogP contribution in [0.4, 0.5) is 18.9 Å². The van der Waals surface area contributed by atoms with Crippen molar-refractivity contribution in [2.45, 2.75) is 32.5 Å². The van der Waals surface area contributed by atoms with Crippen molar-refractivity contribution in [3.05, 3.63) is 28.8 Å². The van der Waals surface area contributed by atoms with E-state index in [2.05, 4.69) is 10.1 Å². The van der Waals surface area contributed by atoms with Gasteiger partial charge in [0.2, 0.25) is 5.91 Å². The number of hydrogen-bond donors (Lipinski definition) is 1. The molecule has 1 aliphatic heterocycles. The summed E-state index contributed by atoms with van der Waals surface area (Å²) in [4.78, 5) is 13.5. The van der Waals surface area contributed by atoms with Crippen LogP contribution >= 0.6 is 0 Å². The largest absolute Gasteiger partial charge is 0.419 e. The molecule has 0 unspecified atom stereocenters. The minimum Gasteiger partial charge on any atom is -0.366 e. The molecule has 0 atom stereocenters. The first-order valence-electron chi connectivity index (χ1n) is 7.30. The third kappa shape index (κ3) is 3.50. The minimum atomic E-state index is -4.43. The number of carbonyl (C=O) groups is 1. The number of benzene rings is 1. The van der Waals surface area contributed by atoms with Crippen molar-refractivity contribution in [3.8, 4) is 0 Å². The molecule has 4 nitrogen and oxygen atoms in total. The van der Waals surface area contributed by atoms with E-state index in [0.717, 1.165) is 29.5 Å². The molecule has 1 amide bonds. The Hall–Kier alpha value is -1.60. The molecule has 23 heavy (non-hydrogen) atoms. The van der Waals surface area contributed by atoms with Crippen LogP contribution in [0.3, 0.4) is 0 Å². The van der Waals surface area contributed by atoms with Crippen LogP contribution in [-0.2, 0) is 9.53 Å². The van der Waals surface area contributed by atoms with Crippen LogP contribution in [-0.4, -0.2) is 49.3 Å². The van der Waals surface area contributed by atoms with Crippen LogP contribution in [0.15, 0.2) is 12.1 Å². The number of rotatable bonds is 4. The zero-order valence-corrected chi connectivity index (χ0v) is 13.7. The summed E-state index contributed by atoms with van der Waals surface area (Å²) in [5, 5.41) is 2.79. The predicted octanol–water partition coefficient (Wildman–Crippen LogP) is 2.81. The molecule has 0 aliphatic carbocycles. The van der Waals surface area contributed by atoms with Gasteiger partial charge in [0.05, 0.1) is 6.54 Å². The molecule has 0 spiro atoms. The third-order valence-corrected chi connectivity index (χ3v) is 4.17. The van der Waals surface area contributed by atoms with Gasteiger partial charge in [-0.15, -0.1) is 0 Å². The molecule has 128 valence electrons. The molecule has 1 aromatic rings. The monoisotopic (exact) mass is 330 g/mol. The summed E-state index contributed by atoms with van der Waals surface area (Å²) >= 11 is 0. The Morgan fingerprint density at radius 3 is 2.22 bits per heavy atom. The summed E-state index contributed by atoms with van der Waals surface area (Å²) in [5.41, 5.74) is 1.52. The van der Waals surface area contributed by atoms with Crippen molar-refractivity contribution in [2.75, 3.05) is 32.1 Å². The topological polar surface area (TPSA) is 41.6 Å². The van der Waals surface area contributed by atoms with Gasteiger partial charge in [0.15, 0.2) is 5.60 Å². The highest BCUT2D eigenvalue weighted by Crippen LogP contribution is 2.40. The summed E-state index contributed by atoms with van der Waals surface area (Å²) in [5.74, 6) is -0.327. The molecule has 1 fully saturated rings. The Morgan fingerprint density at radius 2 is 1.78 bits per heavy atom. The molecule has 0 saturated carbocycles. The Kier molecular flexibility index (Phi) is 4.73. The van der Waals surface area contributed by atoms with E-state index < -0.39 is 11.8 Å². The van der Waals surface area contributed by atoms with Crippen LogP contribution in [0.25, 0.3) is 0 Å². The van der Waals surface area contributed by atoms with Crippen molar-refractivity contribution < 1.29 is 22.7 Å². The van der Waals surface area contributed by atoms with Crippen LogP contribution in [0.5, 0.6) is 0 Å². The number of ether oxygens (including phenoxy) is 1. The highest BCUT2D eigenvalue weighted by Gasteiger charge is 2.62. The number of nitrogens with one attached hydrogen (secondary N) is 1. The van der Waals surface area contributed by atoms with Crippen molar-refractivity contribution in [2.24, 2.45) is 0 Å². The van der Waals surface area contributed by atoms with Gasteiger partial charge in [-0.2, -0.15) is 13.2 Å². The van der Waals surface area contributed by atoms with E-state index in [1.165, 1.54) is 4.90 Å². The SMILES string of the molecule is COC1(C(F)(F)F)CN(CC(=O)Nc2c(C)cc(C)cc2C)C1. The van der Waals surface area contributed by atoms with Crippen molar-refractivity contribution in [1.82, 2.24) is 4.90 Å². The molecule has 0 radical (unpaired) electrons. The van der Waals surface area contributed by atoms with Gasteiger partial charge in [-0.05, 0) is 31.9 Å². The molecule has 1 aliphatic rings. The Bertz CT molecular complexity index is 585. The average Bonchev–Trinajstić information content (AvgIpc) is 2.36. The van der Waals surface area contributed by atoms with Gasteiger partial charge in [0.1, 0.15) is 0 Å². The highest BCUT2D eigenvalue weighted by molar-refractivity contribution is 5.93. The Labute approximate surface area is 133 Å².